The van der Waals surface area contributed by atoms with Gasteiger partial charge in [0.05, 0.1) is 0 Å². The van der Waals surface area contributed by atoms with Crippen LogP contribution in [-0.4, -0.2) is 41.8 Å². The van der Waals surface area contributed by atoms with E-state index in [1.807, 2.05) is 24.3 Å². The highest BCUT2D eigenvalue weighted by atomic mass is 16.5. The third-order valence-corrected chi connectivity index (χ3v) is 6.81. The molecule has 2 aromatic carbocycles. The van der Waals surface area contributed by atoms with Gasteiger partial charge in [-0.1, -0.05) is 55.0 Å². The van der Waals surface area contributed by atoms with Crippen molar-refractivity contribution in [3.05, 3.63) is 59.7 Å². The Labute approximate surface area is 205 Å². The fraction of sp³-hybridized carbons (Fsp3) is 0.393. The van der Waals surface area contributed by atoms with Gasteiger partial charge in [0.15, 0.2) is 0 Å². The van der Waals surface area contributed by atoms with Crippen molar-refractivity contribution in [2.45, 2.75) is 57.0 Å². The molecule has 0 aromatic heterocycles. The van der Waals surface area contributed by atoms with Gasteiger partial charge in [0.2, 0.25) is 5.91 Å². The molecule has 7 heteroatoms. The molecule has 182 valence electrons. The zero-order valence-electron chi connectivity index (χ0n) is 19.8. The number of aliphatic carboxylic acids is 1. The van der Waals surface area contributed by atoms with Crippen LogP contribution in [0.3, 0.4) is 0 Å². The Morgan fingerprint density at radius 3 is 2.34 bits per heavy atom. The number of carboxylic acid groups (broad SMARTS) is 1. The monoisotopic (exact) mass is 474 g/mol. The first-order chi connectivity index (χ1) is 17.0. The molecule has 0 heterocycles. The van der Waals surface area contributed by atoms with Crippen molar-refractivity contribution in [1.82, 2.24) is 10.6 Å². The molecule has 0 aliphatic heterocycles. The molecule has 2 aliphatic rings. The zero-order chi connectivity index (χ0) is 24.8. The predicted molar refractivity (Wildman–Crippen MR) is 132 cm³/mol. The maximum atomic E-state index is 12.7. The van der Waals surface area contributed by atoms with E-state index >= 15 is 0 Å². The van der Waals surface area contributed by atoms with E-state index in [4.69, 9.17) is 4.74 Å². The van der Waals surface area contributed by atoms with Crippen LogP contribution < -0.4 is 10.6 Å². The van der Waals surface area contributed by atoms with E-state index in [9.17, 15) is 19.5 Å². The number of benzene rings is 2. The van der Waals surface area contributed by atoms with Crippen molar-refractivity contribution < 1.29 is 24.2 Å². The lowest BCUT2D eigenvalue weighted by Gasteiger charge is -2.29. The molecular weight excluding hydrogens is 444 g/mol. The van der Waals surface area contributed by atoms with Gasteiger partial charge in [-0.25, -0.2) is 9.59 Å². The number of nitrogens with one attached hydrogen (secondary N) is 2. The zero-order valence-corrected chi connectivity index (χ0v) is 19.8. The van der Waals surface area contributed by atoms with E-state index in [-0.39, 0.29) is 36.8 Å². The maximum absolute atomic E-state index is 12.7. The quantitative estimate of drug-likeness (QED) is 0.525. The number of carboxylic acids is 1. The van der Waals surface area contributed by atoms with E-state index in [0.29, 0.717) is 12.8 Å². The lowest BCUT2D eigenvalue weighted by atomic mass is 9.85. The molecule has 3 N–H and O–H groups in total. The van der Waals surface area contributed by atoms with Crippen molar-refractivity contribution >= 4 is 18.0 Å². The van der Waals surface area contributed by atoms with Gasteiger partial charge in [-0.05, 0) is 48.4 Å². The van der Waals surface area contributed by atoms with Gasteiger partial charge in [0.1, 0.15) is 12.6 Å². The first kappa shape index (κ1) is 24.3. The Balaban J connectivity index is 1.31. The van der Waals surface area contributed by atoms with E-state index < -0.39 is 18.1 Å². The van der Waals surface area contributed by atoms with Crippen LogP contribution in [0.25, 0.3) is 11.1 Å². The van der Waals surface area contributed by atoms with Gasteiger partial charge in [-0.3, -0.25) is 4.79 Å². The molecule has 35 heavy (non-hydrogen) atoms. The number of fused-ring (bicyclic) bond motifs is 3. The average Bonchev–Trinajstić information content (AvgIpc) is 3.19. The van der Waals surface area contributed by atoms with Gasteiger partial charge >= 0.3 is 12.1 Å². The topological polar surface area (TPSA) is 105 Å². The van der Waals surface area contributed by atoms with Gasteiger partial charge in [0, 0.05) is 24.3 Å². The minimum Gasteiger partial charge on any atom is -0.480 e. The number of alkyl carbamates (subject to hydrolysis) is 1. The second-order valence-corrected chi connectivity index (χ2v) is 9.06. The summed E-state index contributed by atoms with van der Waals surface area (Å²) in [6.07, 6.45) is 2.17. The number of amides is 2. The molecule has 0 saturated heterocycles. The van der Waals surface area contributed by atoms with Crippen LogP contribution in [0, 0.1) is 17.8 Å². The van der Waals surface area contributed by atoms with Crippen molar-refractivity contribution in [3.8, 4) is 23.0 Å². The third kappa shape index (κ3) is 5.65. The first-order valence-electron chi connectivity index (χ1n) is 12.0. The Hall–Kier alpha value is -3.79. The summed E-state index contributed by atoms with van der Waals surface area (Å²) in [5.41, 5.74) is 4.64. The Morgan fingerprint density at radius 1 is 1.06 bits per heavy atom. The highest BCUT2D eigenvalue weighted by Crippen LogP contribution is 2.44. The summed E-state index contributed by atoms with van der Waals surface area (Å²) in [6.45, 7) is 1.86. The van der Waals surface area contributed by atoms with Crippen LogP contribution >= 0.6 is 0 Å². The molecule has 2 amide bonds. The molecule has 0 bridgehead atoms. The van der Waals surface area contributed by atoms with Crippen LogP contribution in [0.4, 0.5) is 4.79 Å². The molecule has 0 spiro atoms. The van der Waals surface area contributed by atoms with Gasteiger partial charge in [0.25, 0.3) is 0 Å². The van der Waals surface area contributed by atoms with Gasteiger partial charge < -0.3 is 20.5 Å². The average molecular weight is 475 g/mol. The standard InChI is InChI=1S/C28H30N2O5/c1-2-3-15-25(27(32)33)30-26(31)18-9-8-10-19(16-18)29-28(34)35-17-24-22-13-6-4-11-20(22)21-12-5-7-14-23(21)24/h4-7,11-14,18-19,24-25H,8-10,15-17H2,1H3,(H,29,34)(H,30,31)(H,32,33). The van der Waals surface area contributed by atoms with Gasteiger partial charge in [-0.2, -0.15) is 0 Å². The summed E-state index contributed by atoms with van der Waals surface area (Å²) in [4.78, 5) is 36.7. The van der Waals surface area contributed by atoms with Crippen LogP contribution in [0.15, 0.2) is 48.5 Å². The molecular formula is C28H30N2O5. The molecule has 7 nitrogen and oxygen atoms in total. The maximum Gasteiger partial charge on any atom is 0.407 e. The third-order valence-electron chi connectivity index (χ3n) is 6.81. The molecule has 0 radical (unpaired) electrons. The summed E-state index contributed by atoms with van der Waals surface area (Å²) in [5.74, 6) is 3.56. The fourth-order valence-electron chi connectivity index (χ4n) is 5.06. The summed E-state index contributed by atoms with van der Waals surface area (Å²) < 4.78 is 5.63. The Morgan fingerprint density at radius 2 is 1.71 bits per heavy atom. The number of hydrogen-bond acceptors (Lipinski definition) is 4. The molecule has 2 aromatic rings. The van der Waals surface area contributed by atoms with Crippen LogP contribution in [0.5, 0.6) is 0 Å². The number of rotatable bonds is 7. The Kier molecular flexibility index (Phi) is 7.71. The van der Waals surface area contributed by atoms with Crippen molar-refractivity contribution in [1.29, 1.82) is 0 Å². The van der Waals surface area contributed by atoms with Crippen LogP contribution in [0.2, 0.25) is 0 Å². The predicted octanol–water partition coefficient (Wildman–Crippen LogP) is 4.07. The van der Waals surface area contributed by atoms with Crippen LogP contribution in [-0.2, 0) is 14.3 Å². The van der Waals surface area contributed by atoms with E-state index in [2.05, 4.69) is 46.7 Å². The second-order valence-electron chi connectivity index (χ2n) is 9.06. The highest BCUT2D eigenvalue weighted by Gasteiger charge is 2.32. The molecule has 1 saturated carbocycles. The van der Waals surface area contributed by atoms with E-state index in [0.717, 1.165) is 24.0 Å². The SMILES string of the molecule is CC#CCC(NC(=O)C1CCCC(NC(=O)OCC2c3ccccc3-c3ccccc32)C1)C(=O)O. The normalized spacial score (nSPS) is 19.3. The Bertz CT molecular complexity index is 1120. The number of hydrogen-bond donors (Lipinski definition) is 3. The smallest absolute Gasteiger partial charge is 0.407 e. The summed E-state index contributed by atoms with van der Waals surface area (Å²) in [5, 5.41) is 14.8. The highest BCUT2D eigenvalue weighted by molar-refractivity contribution is 5.85. The van der Waals surface area contributed by atoms with Gasteiger partial charge in [-0.15, -0.1) is 11.8 Å². The van der Waals surface area contributed by atoms with E-state index in [1.54, 1.807) is 6.92 Å². The second kappa shape index (κ2) is 11.1. The minimum absolute atomic E-state index is 0.0165. The van der Waals surface area contributed by atoms with E-state index in [1.165, 1.54) is 11.1 Å². The molecule has 2 aliphatic carbocycles. The first-order valence-corrected chi connectivity index (χ1v) is 12.0. The molecule has 3 atom stereocenters. The largest absolute Gasteiger partial charge is 0.480 e. The van der Waals surface area contributed by atoms with Crippen molar-refractivity contribution in [3.63, 3.8) is 0 Å². The lowest BCUT2D eigenvalue weighted by molar-refractivity contribution is -0.142. The lowest BCUT2D eigenvalue weighted by Crippen LogP contribution is -2.47. The van der Waals surface area contributed by atoms with Crippen molar-refractivity contribution in [2.24, 2.45) is 5.92 Å². The number of carbonyl (C=O) groups is 3. The summed E-state index contributed by atoms with van der Waals surface area (Å²) in [6, 6.07) is 15.1. The van der Waals surface area contributed by atoms with Crippen molar-refractivity contribution in [2.75, 3.05) is 6.61 Å². The van der Waals surface area contributed by atoms with Crippen LogP contribution in [0.1, 0.15) is 56.1 Å². The number of ether oxygens (including phenoxy) is 1. The number of carbonyl (C=O) groups excluding carboxylic acids is 2. The molecule has 1 fully saturated rings. The molecule has 3 unspecified atom stereocenters. The fourth-order valence-corrected chi connectivity index (χ4v) is 5.06. The summed E-state index contributed by atoms with van der Waals surface area (Å²) >= 11 is 0. The molecule has 4 rings (SSSR count). The summed E-state index contributed by atoms with van der Waals surface area (Å²) in [7, 11) is 0. The minimum atomic E-state index is -1.11.